The first-order valence-electron chi connectivity index (χ1n) is 8.87. The number of ketones is 1. The SMILES string of the molecule is CCCc1ccc(C(=O)C[C@@]2(O)C(=O)N(CC)c3ccc(Br)cc32)cc1. The zero-order valence-electron chi connectivity index (χ0n) is 15.0. The molecule has 0 saturated heterocycles. The fourth-order valence-corrected chi connectivity index (χ4v) is 3.85. The summed E-state index contributed by atoms with van der Waals surface area (Å²) in [4.78, 5) is 27.1. The minimum atomic E-state index is -1.83. The van der Waals surface area contributed by atoms with E-state index in [2.05, 4.69) is 22.9 Å². The van der Waals surface area contributed by atoms with E-state index in [1.807, 2.05) is 25.1 Å². The number of Topliss-reactive ketones (excluding diaryl/α,β-unsaturated/α-hetero) is 1. The van der Waals surface area contributed by atoms with Gasteiger partial charge < -0.3 is 10.0 Å². The number of halogens is 1. The lowest BCUT2D eigenvalue weighted by Crippen LogP contribution is -2.41. The molecule has 1 aliphatic heterocycles. The molecule has 4 nitrogen and oxygen atoms in total. The summed E-state index contributed by atoms with van der Waals surface area (Å²) in [5, 5.41) is 11.2. The Morgan fingerprint density at radius 1 is 1.15 bits per heavy atom. The van der Waals surface area contributed by atoms with Gasteiger partial charge >= 0.3 is 0 Å². The Labute approximate surface area is 162 Å². The highest BCUT2D eigenvalue weighted by atomic mass is 79.9. The average molecular weight is 416 g/mol. The maximum Gasteiger partial charge on any atom is 0.264 e. The Bertz CT molecular complexity index is 847. The summed E-state index contributed by atoms with van der Waals surface area (Å²) in [6, 6.07) is 12.8. The Morgan fingerprint density at radius 3 is 2.46 bits per heavy atom. The zero-order valence-corrected chi connectivity index (χ0v) is 16.5. The lowest BCUT2D eigenvalue weighted by Gasteiger charge is -2.22. The lowest BCUT2D eigenvalue weighted by molar-refractivity contribution is -0.135. The number of carbonyl (C=O) groups is 2. The zero-order chi connectivity index (χ0) is 18.9. The van der Waals surface area contributed by atoms with E-state index in [0.29, 0.717) is 23.4 Å². The number of fused-ring (bicyclic) bond motifs is 1. The number of likely N-dealkylation sites (N-methyl/N-ethyl adjacent to an activating group) is 1. The number of hydrogen-bond acceptors (Lipinski definition) is 3. The van der Waals surface area contributed by atoms with Gasteiger partial charge in [0.15, 0.2) is 11.4 Å². The van der Waals surface area contributed by atoms with Gasteiger partial charge in [-0.1, -0.05) is 53.5 Å². The second-order valence-electron chi connectivity index (χ2n) is 6.62. The molecule has 2 aromatic carbocycles. The fraction of sp³-hybridized carbons (Fsp3) is 0.333. The Morgan fingerprint density at radius 2 is 1.85 bits per heavy atom. The molecule has 26 heavy (non-hydrogen) atoms. The van der Waals surface area contributed by atoms with E-state index in [4.69, 9.17) is 0 Å². The summed E-state index contributed by atoms with van der Waals surface area (Å²) in [6.07, 6.45) is 1.74. The van der Waals surface area contributed by atoms with Crippen LogP contribution in [0.5, 0.6) is 0 Å². The molecule has 0 unspecified atom stereocenters. The standard InChI is InChI=1S/C21H22BrNO3/c1-3-5-14-6-8-15(9-7-14)19(24)13-21(26)17-12-16(22)10-11-18(17)23(4-2)20(21)25/h6-12,26H,3-5,13H2,1-2H3/t21-/m0/s1. The highest BCUT2D eigenvalue weighted by Crippen LogP contribution is 2.44. The number of hydrogen-bond donors (Lipinski definition) is 1. The molecule has 3 rings (SSSR count). The third-order valence-electron chi connectivity index (χ3n) is 4.84. The number of aliphatic hydroxyl groups is 1. The molecule has 2 aromatic rings. The molecule has 0 bridgehead atoms. The molecule has 1 N–H and O–H groups in total. The molecule has 0 aliphatic carbocycles. The van der Waals surface area contributed by atoms with Crippen LogP contribution in [-0.2, 0) is 16.8 Å². The van der Waals surface area contributed by atoms with Crippen molar-refractivity contribution in [2.24, 2.45) is 0 Å². The van der Waals surface area contributed by atoms with Gasteiger partial charge in [0.2, 0.25) is 0 Å². The molecule has 1 atom stereocenters. The van der Waals surface area contributed by atoms with Crippen molar-refractivity contribution in [3.05, 3.63) is 63.6 Å². The van der Waals surface area contributed by atoms with Gasteiger partial charge in [-0.2, -0.15) is 0 Å². The number of nitrogens with zero attached hydrogens (tertiary/aromatic N) is 1. The van der Waals surface area contributed by atoms with E-state index < -0.39 is 11.5 Å². The predicted molar refractivity (Wildman–Crippen MR) is 105 cm³/mol. The smallest absolute Gasteiger partial charge is 0.264 e. The number of anilines is 1. The molecule has 0 aromatic heterocycles. The van der Waals surface area contributed by atoms with Crippen LogP contribution in [0.4, 0.5) is 5.69 Å². The van der Waals surface area contributed by atoms with Crippen LogP contribution in [0.2, 0.25) is 0 Å². The summed E-state index contributed by atoms with van der Waals surface area (Å²) in [7, 11) is 0. The maximum atomic E-state index is 12.8. The van der Waals surface area contributed by atoms with Crippen LogP contribution in [0.1, 0.15) is 48.2 Å². The fourth-order valence-electron chi connectivity index (χ4n) is 3.49. The highest BCUT2D eigenvalue weighted by molar-refractivity contribution is 9.10. The first-order chi connectivity index (χ1) is 12.4. The van der Waals surface area contributed by atoms with Crippen molar-refractivity contribution >= 4 is 33.3 Å². The van der Waals surface area contributed by atoms with Crippen LogP contribution in [-0.4, -0.2) is 23.3 Å². The summed E-state index contributed by atoms with van der Waals surface area (Å²) < 4.78 is 0.761. The van der Waals surface area contributed by atoms with Crippen molar-refractivity contribution in [3.8, 4) is 0 Å². The van der Waals surface area contributed by atoms with E-state index in [-0.39, 0.29) is 12.2 Å². The molecule has 1 amide bonds. The van der Waals surface area contributed by atoms with E-state index in [0.717, 1.165) is 17.3 Å². The maximum absolute atomic E-state index is 12.8. The van der Waals surface area contributed by atoms with Gasteiger partial charge in [-0.15, -0.1) is 0 Å². The molecule has 0 fully saturated rings. The largest absolute Gasteiger partial charge is 0.375 e. The monoisotopic (exact) mass is 415 g/mol. The number of benzene rings is 2. The van der Waals surface area contributed by atoms with Crippen LogP contribution in [0.3, 0.4) is 0 Å². The molecule has 5 heteroatoms. The summed E-state index contributed by atoms with van der Waals surface area (Å²) >= 11 is 3.39. The lowest BCUT2D eigenvalue weighted by atomic mass is 9.88. The summed E-state index contributed by atoms with van der Waals surface area (Å²) in [6.45, 7) is 4.40. The van der Waals surface area contributed by atoms with Gasteiger partial charge in [0.1, 0.15) is 0 Å². The number of carbonyl (C=O) groups excluding carboxylic acids is 2. The third kappa shape index (κ3) is 3.21. The molecule has 1 heterocycles. The van der Waals surface area contributed by atoms with E-state index in [1.165, 1.54) is 10.5 Å². The van der Waals surface area contributed by atoms with Crippen LogP contribution in [0.15, 0.2) is 46.9 Å². The summed E-state index contributed by atoms with van der Waals surface area (Å²) in [5.74, 6) is -0.683. The van der Waals surface area contributed by atoms with Crippen molar-refractivity contribution in [1.82, 2.24) is 0 Å². The van der Waals surface area contributed by atoms with Crippen LogP contribution in [0.25, 0.3) is 0 Å². The average Bonchev–Trinajstić information content (AvgIpc) is 2.83. The normalized spacial score (nSPS) is 18.9. The van der Waals surface area contributed by atoms with Crippen LogP contribution in [0, 0.1) is 0 Å². The van der Waals surface area contributed by atoms with Crippen molar-refractivity contribution in [3.63, 3.8) is 0 Å². The first kappa shape index (κ1) is 18.8. The molecule has 0 saturated carbocycles. The minimum Gasteiger partial charge on any atom is -0.375 e. The molecule has 0 spiro atoms. The quantitative estimate of drug-likeness (QED) is 0.718. The number of amides is 1. The van der Waals surface area contributed by atoms with Gasteiger partial charge in [-0.3, -0.25) is 9.59 Å². The highest BCUT2D eigenvalue weighted by Gasteiger charge is 2.50. The van der Waals surface area contributed by atoms with Crippen LogP contribution < -0.4 is 4.90 Å². The van der Waals surface area contributed by atoms with Crippen molar-refractivity contribution in [2.75, 3.05) is 11.4 Å². The van der Waals surface area contributed by atoms with Crippen molar-refractivity contribution in [1.29, 1.82) is 0 Å². The molecule has 0 radical (unpaired) electrons. The second-order valence-corrected chi connectivity index (χ2v) is 7.53. The Hall–Kier alpha value is -1.98. The van der Waals surface area contributed by atoms with Gasteiger partial charge in [0.25, 0.3) is 5.91 Å². The van der Waals surface area contributed by atoms with E-state index in [1.54, 1.807) is 24.3 Å². The second kappa shape index (κ2) is 7.33. The van der Waals surface area contributed by atoms with Crippen LogP contribution >= 0.6 is 15.9 Å². The third-order valence-corrected chi connectivity index (χ3v) is 5.33. The number of rotatable bonds is 6. The first-order valence-corrected chi connectivity index (χ1v) is 9.66. The predicted octanol–water partition coefficient (Wildman–Crippen LogP) is 4.23. The van der Waals surface area contributed by atoms with Crippen molar-refractivity contribution < 1.29 is 14.7 Å². The van der Waals surface area contributed by atoms with Crippen molar-refractivity contribution in [2.45, 2.75) is 38.7 Å². The van der Waals surface area contributed by atoms with Gasteiger partial charge in [-0.05, 0) is 37.1 Å². The van der Waals surface area contributed by atoms with Gasteiger partial charge in [0, 0.05) is 22.1 Å². The summed E-state index contributed by atoms with van der Waals surface area (Å²) in [5.41, 5.74) is 1.00. The van der Waals surface area contributed by atoms with E-state index in [9.17, 15) is 14.7 Å². The Kier molecular flexibility index (Phi) is 5.30. The minimum absolute atomic E-state index is 0.243. The Balaban J connectivity index is 1.92. The van der Waals surface area contributed by atoms with Gasteiger partial charge in [0.05, 0.1) is 12.1 Å². The molecular formula is C21H22BrNO3. The topological polar surface area (TPSA) is 57.6 Å². The van der Waals surface area contributed by atoms with Gasteiger partial charge in [-0.25, -0.2) is 0 Å². The van der Waals surface area contributed by atoms with E-state index >= 15 is 0 Å². The number of aryl methyl sites for hydroxylation is 1. The molecular weight excluding hydrogens is 394 g/mol. The molecule has 1 aliphatic rings. The molecule has 136 valence electrons.